The molecule has 0 bridgehead atoms. The van der Waals surface area contributed by atoms with Crippen LogP contribution < -0.4 is 21.2 Å². The maximum absolute atomic E-state index is 13.7. The molecule has 0 saturated carbocycles. The van der Waals surface area contributed by atoms with Crippen molar-refractivity contribution in [1.82, 2.24) is 5.32 Å². The summed E-state index contributed by atoms with van der Waals surface area (Å²) in [6.07, 6.45) is 3.59. The summed E-state index contributed by atoms with van der Waals surface area (Å²) in [7, 11) is 0. The van der Waals surface area contributed by atoms with Crippen molar-refractivity contribution in [2.75, 3.05) is 0 Å². The quantitative estimate of drug-likeness (QED) is 0.459. The second kappa shape index (κ2) is 9.28. The van der Waals surface area contributed by atoms with Gasteiger partial charge in [0.15, 0.2) is 0 Å². The van der Waals surface area contributed by atoms with Gasteiger partial charge in [-0.2, -0.15) is 0 Å². The van der Waals surface area contributed by atoms with E-state index in [1.54, 1.807) is 6.20 Å². The Kier molecular flexibility index (Phi) is 5.89. The average molecular weight is 446 g/mol. The van der Waals surface area contributed by atoms with E-state index in [0.717, 1.165) is 21.6 Å². The molecule has 3 nitrogen and oxygen atoms in total. The van der Waals surface area contributed by atoms with Gasteiger partial charge in [-0.25, -0.2) is 4.99 Å². The van der Waals surface area contributed by atoms with Crippen LogP contribution in [0.2, 0.25) is 0 Å². The van der Waals surface area contributed by atoms with E-state index < -0.39 is 6.89 Å². The van der Waals surface area contributed by atoms with Crippen LogP contribution in [-0.4, -0.2) is 16.9 Å². The van der Waals surface area contributed by atoms with Gasteiger partial charge >= 0.3 is 0 Å². The number of benzene rings is 4. The highest BCUT2D eigenvalue weighted by Gasteiger charge is 2.35. The molecule has 1 heterocycles. The fourth-order valence-electron chi connectivity index (χ4n) is 4.31. The van der Waals surface area contributed by atoms with Crippen LogP contribution >= 0.6 is 6.89 Å². The number of para-hydroxylation sites is 1. The van der Waals surface area contributed by atoms with Gasteiger partial charge in [0.2, 0.25) is 0 Å². The summed E-state index contributed by atoms with van der Waals surface area (Å²) >= 11 is 0. The van der Waals surface area contributed by atoms with Crippen molar-refractivity contribution in [2.24, 2.45) is 4.99 Å². The molecule has 4 aromatic rings. The molecule has 1 aliphatic rings. The number of nitrogens with zero attached hydrogens (tertiary/aromatic N) is 1. The van der Waals surface area contributed by atoms with E-state index in [2.05, 4.69) is 41.7 Å². The number of rotatable bonds is 4. The fourth-order valence-corrected chi connectivity index (χ4v) is 8.67. The lowest BCUT2D eigenvalue weighted by Crippen LogP contribution is -2.43. The molecule has 0 radical (unpaired) electrons. The molecule has 1 amide bonds. The third kappa shape index (κ3) is 3.88. The van der Waals surface area contributed by atoms with Crippen LogP contribution in [0.25, 0.3) is 0 Å². The van der Waals surface area contributed by atoms with Crippen molar-refractivity contribution in [3.63, 3.8) is 0 Å². The van der Waals surface area contributed by atoms with E-state index in [0.29, 0.717) is 11.0 Å². The Morgan fingerprint density at radius 1 is 0.576 bits per heavy atom. The van der Waals surface area contributed by atoms with Gasteiger partial charge in [-0.15, -0.1) is 0 Å². The third-order valence-corrected chi connectivity index (χ3v) is 10.0. The second-order valence-electron chi connectivity index (χ2n) is 7.67. The molecule has 4 aromatic carbocycles. The first kappa shape index (κ1) is 20.9. The van der Waals surface area contributed by atoms with E-state index in [9.17, 15) is 4.79 Å². The van der Waals surface area contributed by atoms with Crippen LogP contribution in [0.4, 0.5) is 5.69 Å². The van der Waals surface area contributed by atoms with Crippen molar-refractivity contribution < 1.29 is 4.79 Å². The SMILES string of the molecule is O=C1NC=CC(=Nc2ccccc2)C1=P(c1ccccc1)(c1ccccc1)c1ccccc1. The van der Waals surface area contributed by atoms with Gasteiger partial charge in [-0.1, -0.05) is 109 Å². The van der Waals surface area contributed by atoms with Gasteiger partial charge in [0.1, 0.15) is 0 Å². The summed E-state index contributed by atoms with van der Waals surface area (Å²) in [6.45, 7) is -2.56. The summed E-state index contributed by atoms with van der Waals surface area (Å²) in [6, 6.07) is 40.9. The van der Waals surface area contributed by atoms with Crippen LogP contribution in [-0.2, 0) is 4.79 Å². The van der Waals surface area contributed by atoms with E-state index in [4.69, 9.17) is 4.99 Å². The summed E-state index contributed by atoms with van der Waals surface area (Å²) < 4.78 is 0. The summed E-state index contributed by atoms with van der Waals surface area (Å²) in [5, 5.41) is 7.00. The van der Waals surface area contributed by atoms with Crippen LogP contribution in [0, 0.1) is 0 Å². The lowest BCUT2D eigenvalue weighted by atomic mass is 10.2. The lowest BCUT2D eigenvalue weighted by Gasteiger charge is -2.33. The highest BCUT2D eigenvalue weighted by atomic mass is 31.2. The highest BCUT2D eigenvalue weighted by Crippen LogP contribution is 2.47. The van der Waals surface area contributed by atoms with Gasteiger partial charge in [-0.3, -0.25) is 4.79 Å². The zero-order chi connectivity index (χ0) is 22.5. The molecule has 4 heteroatoms. The molecule has 0 atom stereocenters. The minimum absolute atomic E-state index is 0.114. The predicted octanol–water partition coefficient (Wildman–Crippen LogP) is 4.57. The first-order chi connectivity index (χ1) is 16.3. The lowest BCUT2D eigenvalue weighted by molar-refractivity contribution is -0.113. The van der Waals surface area contributed by atoms with Gasteiger partial charge in [-0.05, 0) is 41.0 Å². The maximum Gasteiger partial charge on any atom is 0.258 e. The molecule has 0 aliphatic carbocycles. The van der Waals surface area contributed by atoms with E-state index in [-0.39, 0.29) is 5.91 Å². The molecule has 0 unspecified atom stereocenters. The molecule has 33 heavy (non-hydrogen) atoms. The van der Waals surface area contributed by atoms with E-state index in [1.807, 2.05) is 91.0 Å². The third-order valence-electron chi connectivity index (χ3n) is 5.68. The Balaban J connectivity index is 2.00. The van der Waals surface area contributed by atoms with E-state index >= 15 is 0 Å². The zero-order valence-corrected chi connectivity index (χ0v) is 18.9. The van der Waals surface area contributed by atoms with Crippen molar-refractivity contribution in [3.05, 3.63) is 134 Å². The second-order valence-corrected chi connectivity index (χ2v) is 11.0. The van der Waals surface area contributed by atoms with Gasteiger partial charge in [0, 0.05) is 6.20 Å². The predicted molar refractivity (Wildman–Crippen MR) is 141 cm³/mol. The first-order valence-electron chi connectivity index (χ1n) is 10.8. The molecule has 160 valence electrons. The Labute approximate surface area is 194 Å². The smallest absolute Gasteiger partial charge is 0.258 e. The summed E-state index contributed by atoms with van der Waals surface area (Å²) in [5.41, 5.74) is 1.51. The Morgan fingerprint density at radius 3 is 1.45 bits per heavy atom. The van der Waals surface area contributed by atoms with Gasteiger partial charge in [0.05, 0.1) is 16.7 Å². The van der Waals surface area contributed by atoms with Crippen molar-refractivity contribution in [1.29, 1.82) is 0 Å². The molecule has 0 spiro atoms. The number of aliphatic imine (C=N–C) groups is 1. The Bertz CT molecular complexity index is 1270. The number of allylic oxidation sites excluding steroid dienone is 1. The molecule has 1 N–H and O–H groups in total. The Morgan fingerprint density at radius 2 is 1.00 bits per heavy atom. The van der Waals surface area contributed by atoms with Crippen LogP contribution in [0.1, 0.15) is 0 Å². The minimum Gasteiger partial charge on any atom is -0.328 e. The van der Waals surface area contributed by atoms with Crippen molar-refractivity contribution in [3.8, 4) is 0 Å². The van der Waals surface area contributed by atoms with Gasteiger partial charge in [0.25, 0.3) is 5.91 Å². The van der Waals surface area contributed by atoms with Crippen molar-refractivity contribution >= 4 is 45.4 Å². The Hall–Kier alpha value is -3.94. The largest absolute Gasteiger partial charge is 0.328 e. The molecule has 0 saturated heterocycles. The number of hydrogen-bond donors (Lipinski definition) is 1. The number of hydrogen-bond acceptors (Lipinski definition) is 2. The molecular formula is C29H23N2OP. The highest BCUT2D eigenvalue weighted by molar-refractivity contribution is 7.97. The fraction of sp³-hybridized carbons (Fsp3) is 0. The monoisotopic (exact) mass is 446 g/mol. The van der Waals surface area contributed by atoms with Gasteiger partial charge < -0.3 is 5.32 Å². The van der Waals surface area contributed by atoms with Crippen LogP contribution in [0.3, 0.4) is 0 Å². The summed E-state index contributed by atoms with van der Waals surface area (Å²) in [5.74, 6) is -0.114. The number of amides is 1. The number of nitrogens with one attached hydrogen (secondary N) is 1. The molecular weight excluding hydrogens is 423 g/mol. The summed E-state index contributed by atoms with van der Waals surface area (Å²) in [4.78, 5) is 18.7. The molecule has 0 aromatic heterocycles. The van der Waals surface area contributed by atoms with Crippen molar-refractivity contribution in [2.45, 2.75) is 0 Å². The minimum atomic E-state index is -2.56. The maximum atomic E-state index is 13.7. The van der Waals surface area contributed by atoms with Crippen LogP contribution in [0.15, 0.2) is 139 Å². The average Bonchev–Trinajstić information content (AvgIpc) is 2.88. The topological polar surface area (TPSA) is 41.5 Å². The zero-order valence-electron chi connectivity index (χ0n) is 18.0. The first-order valence-corrected chi connectivity index (χ1v) is 12.6. The molecule has 5 rings (SSSR count). The van der Waals surface area contributed by atoms with E-state index in [1.165, 1.54) is 0 Å². The number of carbonyl (C=O) groups excluding carboxylic acids is 1. The van der Waals surface area contributed by atoms with Crippen LogP contribution in [0.5, 0.6) is 0 Å². The molecule has 1 aliphatic heterocycles. The number of carbonyl (C=O) groups is 1. The standard InChI is InChI=1S/C29H23N2OP/c32-29-28(27(21-22-30-29)31-23-13-5-1-6-14-23)33(24-15-7-2-8-16-24,25-17-9-3-10-18-25)26-19-11-4-12-20-26/h1-22H,(H,30,32). The normalized spacial score (nSPS) is 14.8. The molecule has 0 fully saturated rings.